The van der Waals surface area contributed by atoms with Gasteiger partial charge in [0.1, 0.15) is 0 Å². The van der Waals surface area contributed by atoms with Crippen LogP contribution in [-0.4, -0.2) is 70.5 Å². The van der Waals surface area contributed by atoms with E-state index >= 15 is 0 Å². The SMILES string of the molecule is Nc1nonc1C(=O)N1CCCN(CCO)CC1. The van der Waals surface area contributed by atoms with Crippen LogP contribution in [0.25, 0.3) is 0 Å². The summed E-state index contributed by atoms with van der Waals surface area (Å²) < 4.78 is 4.43. The Labute approximate surface area is 104 Å². The topological polar surface area (TPSA) is 109 Å². The standard InChI is InChI=1S/C10H17N5O3/c11-9-8(12-18-13-9)10(17)15-3-1-2-14(4-5-15)6-7-16/h16H,1-7H2,(H2,11,13). The Morgan fingerprint density at radius 1 is 1.33 bits per heavy atom. The Bertz CT molecular complexity index is 408. The molecular weight excluding hydrogens is 238 g/mol. The number of carbonyl (C=O) groups is 1. The van der Waals surface area contributed by atoms with Crippen LogP contribution >= 0.6 is 0 Å². The second kappa shape index (κ2) is 5.78. The third-order valence-electron chi connectivity index (χ3n) is 3.01. The van der Waals surface area contributed by atoms with Gasteiger partial charge in [0.05, 0.1) is 6.61 Å². The van der Waals surface area contributed by atoms with Crippen LogP contribution in [0.4, 0.5) is 5.82 Å². The highest BCUT2D eigenvalue weighted by Crippen LogP contribution is 2.11. The Morgan fingerprint density at radius 2 is 2.17 bits per heavy atom. The van der Waals surface area contributed by atoms with Crippen LogP contribution in [0.1, 0.15) is 16.9 Å². The van der Waals surface area contributed by atoms with Crippen molar-refractivity contribution >= 4 is 11.7 Å². The number of nitrogens with two attached hydrogens (primary N) is 1. The number of nitrogen functional groups attached to an aromatic ring is 1. The molecule has 1 aromatic heterocycles. The zero-order chi connectivity index (χ0) is 13.0. The van der Waals surface area contributed by atoms with Gasteiger partial charge in [-0.1, -0.05) is 0 Å². The summed E-state index contributed by atoms with van der Waals surface area (Å²) >= 11 is 0. The second-order valence-corrected chi connectivity index (χ2v) is 4.21. The molecule has 8 nitrogen and oxygen atoms in total. The molecule has 1 amide bonds. The first-order valence-electron chi connectivity index (χ1n) is 5.93. The molecule has 1 saturated heterocycles. The fraction of sp³-hybridized carbons (Fsp3) is 0.700. The minimum atomic E-state index is -0.250. The van der Waals surface area contributed by atoms with Crippen molar-refractivity contribution in [3.05, 3.63) is 5.69 Å². The van der Waals surface area contributed by atoms with Gasteiger partial charge >= 0.3 is 0 Å². The molecule has 0 spiro atoms. The number of nitrogens with zero attached hydrogens (tertiary/aromatic N) is 4. The number of carbonyl (C=O) groups excluding carboxylic acids is 1. The Kier molecular flexibility index (Phi) is 4.11. The van der Waals surface area contributed by atoms with E-state index in [1.54, 1.807) is 4.90 Å². The molecule has 0 bridgehead atoms. The molecule has 0 atom stereocenters. The van der Waals surface area contributed by atoms with E-state index in [9.17, 15) is 4.79 Å². The molecule has 2 rings (SSSR count). The molecule has 3 N–H and O–H groups in total. The number of aromatic nitrogens is 2. The number of hydrogen-bond acceptors (Lipinski definition) is 7. The lowest BCUT2D eigenvalue weighted by molar-refractivity contribution is 0.0750. The van der Waals surface area contributed by atoms with Crippen LogP contribution in [0.3, 0.4) is 0 Å². The van der Waals surface area contributed by atoms with E-state index in [4.69, 9.17) is 10.8 Å². The van der Waals surface area contributed by atoms with Gasteiger partial charge in [0.25, 0.3) is 5.91 Å². The van der Waals surface area contributed by atoms with Gasteiger partial charge in [-0.15, -0.1) is 0 Å². The minimum Gasteiger partial charge on any atom is -0.395 e. The fourth-order valence-corrected chi connectivity index (χ4v) is 2.03. The molecule has 2 heterocycles. The van der Waals surface area contributed by atoms with E-state index in [2.05, 4.69) is 19.8 Å². The largest absolute Gasteiger partial charge is 0.395 e. The van der Waals surface area contributed by atoms with Gasteiger partial charge in [-0.2, -0.15) is 0 Å². The van der Waals surface area contributed by atoms with Crippen molar-refractivity contribution in [2.75, 3.05) is 45.1 Å². The van der Waals surface area contributed by atoms with Crippen molar-refractivity contribution in [2.24, 2.45) is 0 Å². The Morgan fingerprint density at radius 3 is 2.83 bits per heavy atom. The van der Waals surface area contributed by atoms with Crippen molar-refractivity contribution in [1.29, 1.82) is 0 Å². The summed E-state index contributed by atoms with van der Waals surface area (Å²) in [5, 5.41) is 15.8. The van der Waals surface area contributed by atoms with Crippen LogP contribution in [-0.2, 0) is 0 Å². The van der Waals surface area contributed by atoms with Crippen molar-refractivity contribution in [3.63, 3.8) is 0 Å². The molecule has 1 fully saturated rings. The lowest BCUT2D eigenvalue weighted by Gasteiger charge is -2.20. The molecule has 1 aromatic rings. The zero-order valence-electron chi connectivity index (χ0n) is 10.1. The first kappa shape index (κ1) is 12.8. The molecule has 0 radical (unpaired) electrons. The Hall–Kier alpha value is -1.67. The maximum absolute atomic E-state index is 12.1. The number of amides is 1. The quantitative estimate of drug-likeness (QED) is 0.697. The minimum absolute atomic E-state index is 0.0245. The zero-order valence-corrected chi connectivity index (χ0v) is 10.1. The predicted octanol–water partition coefficient (Wildman–Crippen LogP) is -1.21. The van der Waals surface area contributed by atoms with E-state index in [-0.39, 0.29) is 24.0 Å². The molecular formula is C10H17N5O3. The summed E-state index contributed by atoms with van der Waals surface area (Å²) in [7, 11) is 0. The van der Waals surface area contributed by atoms with Crippen molar-refractivity contribution in [1.82, 2.24) is 20.1 Å². The van der Waals surface area contributed by atoms with E-state index in [0.29, 0.717) is 19.6 Å². The van der Waals surface area contributed by atoms with Crippen molar-refractivity contribution < 1.29 is 14.5 Å². The molecule has 0 unspecified atom stereocenters. The van der Waals surface area contributed by atoms with Crippen LogP contribution in [0, 0.1) is 0 Å². The molecule has 8 heteroatoms. The van der Waals surface area contributed by atoms with Crippen LogP contribution < -0.4 is 5.73 Å². The normalized spacial score (nSPS) is 17.7. The third kappa shape index (κ3) is 2.77. The molecule has 1 aliphatic rings. The van der Waals surface area contributed by atoms with Gasteiger partial charge in [-0.25, -0.2) is 4.63 Å². The lowest BCUT2D eigenvalue weighted by atomic mass is 10.3. The highest BCUT2D eigenvalue weighted by Gasteiger charge is 2.24. The average molecular weight is 255 g/mol. The van der Waals surface area contributed by atoms with E-state index < -0.39 is 0 Å². The number of anilines is 1. The third-order valence-corrected chi connectivity index (χ3v) is 3.01. The maximum Gasteiger partial charge on any atom is 0.280 e. The van der Waals surface area contributed by atoms with Crippen LogP contribution in [0.2, 0.25) is 0 Å². The first-order chi connectivity index (χ1) is 8.72. The number of aliphatic hydroxyl groups excluding tert-OH is 1. The van der Waals surface area contributed by atoms with Gasteiger partial charge in [0, 0.05) is 26.2 Å². The molecule has 100 valence electrons. The molecule has 0 aliphatic carbocycles. The summed E-state index contributed by atoms with van der Waals surface area (Å²) in [6.07, 6.45) is 0.858. The van der Waals surface area contributed by atoms with Crippen molar-refractivity contribution in [2.45, 2.75) is 6.42 Å². The molecule has 0 saturated carbocycles. The monoisotopic (exact) mass is 255 g/mol. The smallest absolute Gasteiger partial charge is 0.280 e. The Balaban J connectivity index is 1.98. The maximum atomic E-state index is 12.1. The highest BCUT2D eigenvalue weighted by atomic mass is 16.6. The van der Waals surface area contributed by atoms with Crippen LogP contribution in [0.15, 0.2) is 4.63 Å². The second-order valence-electron chi connectivity index (χ2n) is 4.21. The summed E-state index contributed by atoms with van der Waals surface area (Å²) in [4.78, 5) is 15.9. The summed E-state index contributed by atoms with van der Waals surface area (Å²) in [6, 6.07) is 0. The summed E-state index contributed by atoms with van der Waals surface area (Å²) in [6.45, 7) is 3.61. The molecule has 0 aromatic carbocycles. The molecule has 18 heavy (non-hydrogen) atoms. The number of β-amino-alcohol motifs (C(OH)–C–C–N with tert-alkyl or cyclic N) is 1. The average Bonchev–Trinajstić information content (AvgIpc) is 2.64. The summed E-state index contributed by atoms with van der Waals surface area (Å²) in [5.41, 5.74) is 5.58. The van der Waals surface area contributed by atoms with E-state index in [1.165, 1.54) is 0 Å². The lowest BCUT2D eigenvalue weighted by Crippen LogP contribution is -2.36. The predicted molar refractivity (Wildman–Crippen MR) is 62.8 cm³/mol. The van der Waals surface area contributed by atoms with E-state index in [0.717, 1.165) is 19.5 Å². The van der Waals surface area contributed by atoms with Gasteiger partial charge in [-0.05, 0) is 23.3 Å². The van der Waals surface area contributed by atoms with Crippen LogP contribution in [0.5, 0.6) is 0 Å². The van der Waals surface area contributed by atoms with Gasteiger partial charge < -0.3 is 15.7 Å². The highest BCUT2D eigenvalue weighted by molar-refractivity contribution is 5.96. The first-order valence-corrected chi connectivity index (χ1v) is 5.93. The van der Waals surface area contributed by atoms with E-state index in [1.807, 2.05) is 0 Å². The number of rotatable bonds is 3. The summed E-state index contributed by atoms with van der Waals surface area (Å²) in [5.74, 6) is -0.226. The number of aliphatic hydroxyl groups is 1. The van der Waals surface area contributed by atoms with Gasteiger partial charge in [0.15, 0.2) is 0 Å². The van der Waals surface area contributed by atoms with Crippen molar-refractivity contribution in [3.8, 4) is 0 Å². The molecule has 1 aliphatic heterocycles. The van der Waals surface area contributed by atoms with Gasteiger partial charge in [-0.3, -0.25) is 9.69 Å². The fourth-order valence-electron chi connectivity index (χ4n) is 2.03. The van der Waals surface area contributed by atoms with Gasteiger partial charge in [0.2, 0.25) is 11.5 Å². The number of hydrogen-bond donors (Lipinski definition) is 2.